The van der Waals surface area contributed by atoms with Gasteiger partial charge < -0.3 is 15.5 Å². The normalized spacial score (nSPS) is 10.0. The third kappa shape index (κ3) is 2.76. The molecule has 0 aliphatic rings. The number of hydrogen-bond acceptors (Lipinski definition) is 3. The molecule has 2 aromatic rings. The summed E-state index contributed by atoms with van der Waals surface area (Å²) in [5.74, 6) is -0.899. The summed E-state index contributed by atoms with van der Waals surface area (Å²) >= 11 is 0. The monoisotopic (exact) mass is 244 g/mol. The molecular formula is C13H12N2O3. The van der Waals surface area contributed by atoms with Gasteiger partial charge in [0, 0.05) is 11.8 Å². The highest BCUT2D eigenvalue weighted by Gasteiger charge is 2.07. The Labute approximate surface area is 104 Å². The number of amides is 1. The van der Waals surface area contributed by atoms with Crippen molar-refractivity contribution in [1.29, 1.82) is 0 Å². The molecule has 3 N–H and O–H groups in total. The first-order valence-corrected chi connectivity index (χ1v) is 5.36. The Morgan fingerprint density at radius 1 is 1.17 bits per heavy atom. The molecule has 0 aliphatic carbocycles. The van der Waals surface area contributed by atoms with Crippen molar-refractivity contribution in [3.05, 3.63) is 59.4 Å². The third-order valence-corrected chi connectivity index (χ3v) is 2.43. The van der Waals surface area contributed by atoms with E-state index in [4.69, 9.17) is 10.5 Å². The smallest absolute Gasteiger partial charge is 0.355 e. The summed E-state index contributed by atoms with van der Waals surface area (Å²) in [5.41, 5.74) is 6.74. The first kappa shape index (κ1) is 11.9. The molecule has 18 heavy (non-hydrogen) atoms. The van der Waals surface area contributed by atoms with E-state index in [0.717, 1.165) is 5.56 Å². The van der Waals surface area contributed by atoms with Crippen LogP contribution < -0.4 is 5.73 Å². The lowest BCUT2D eigenvalue weighted by Crippen LogP contribution is -2.11. The van der Waals surface area contributed by atoms with Gasteiger partial charge in [-0.15, -0.1) is 0 Å². The number of esters is 1. The van der Waals surface area contributed by atoms with Gasteiger partial charge in [0.2, 0.25) is 5.91 Å². The summed E-state index contributed by atoms with van der Waals surface area (Å²) in [5, 5.41) is 0. The lowest BCUT2D eigenvalue weighted by atomic mass is 10.1. The predicted molar refractivity (Wildman–Crippen MR) is 64.9 cm³/mol. The number of nitrogens with one attached hydrogen (secondary N) is 1. The summed E-state index contributed by atoms with van der Waals surface area (Å²) in [4.78, 5) is 25.2. The zero-order chi connectivity index (χ0) is 13.0. The fourth-order valence-electron chi connectivity index (χ4n) is 1.45. The van der Waals surface area contributed by atoms with E-state index in [9.17, 15) is 9.59 Å². The number of aromatic nitrogens is 1. The number of benzene rings is 1. The van der Waals surface area contributed by atoms with Gasteiger partial charge in [0.25, 0.3) is 0 Å². The maximum Gasteiger partial charge on any atom is 0.355 e. The van der Waals surface area contributed by atoms with Crippen LogP contribution in [0, 0.1) is 0 Å². The highest BCUT2D eigenvalue weighted by Crippen LogP contribution is 2.07. The molecule has 1 aromatic heterocycles. The Morgan fingerprint density at radius 2 is 1.89 bits per heavy atom. The van der Waals surface area contributed by atoms with E-state index in [2.05, 4.69) is 4.98 Å². The van der Waals surface area contributed by atoms with Crippen LogP contribution in [0.5, 0.6) is 0 Å². The average molecular weight is 244 g/mol. The van der Waals surface area contributed by atoms with Crippen molar-refractivity contribution < 1.29 is 14.3 Å². The van der Waals surface area contributed by atoms with E-state index in [1.807, 2.05) is 0 Å². The molecule has 2 rings (SSSR count). The minimum absolute atomic E-state index is 0.150. The van der Waals surface area contributed by atoms with E-state index in [-0.39, 0.29) is 6.61 Å². The minimum atomic E-state index is -0.482. The molecule has 1 amide bonds. The third-order valence-electron chi connectivity index (χ3n) is 2.43. The van der Waals surface area contributed by atoms with Crippen molar-refractivity contribution in [2.24, 2.45) is 5.73 Å². The summed E-state index contributed by atoms with van der Waals surface area (Å²) in [6.07, 6.45) is 1.65. The van der Waals surface area contributed by atoms with Crippen molar-refractivity contribution in [2.75, 3.05) is 0 Å². The van der Waals surface area contributed by atoms with Gasteiger partial charge in [-0.1, -0.05) is 12.1 Å². The summed E-state index contributed by atoms with van der Waals surface area (Å²) in [7, 11) is 0. The molecule has 0 unspecified atom stereocenters. The topological polar surface area (TPSA) is 85.2 Å². The molecule has 0 spiro atoms. The van der Waals surface area contributed by atoms with Crippen LogP contribution in [0.3, 0.4) is 0 Å². The molecule has 0 saturated heterocycles. The maximum atomic E-state index is 11.5. The Morgan fingerprint density at radius 3 is 2.44 bits per heavy atom. The number of carbonyl (C=O) groups excluding carboxylic acids is 2. The molecule has 92 valence electrons. The molecule has 0 fully saturated rings. The van der Waals surface area contributed by atoms with Gasteiger partial charge in [-0.05, 0) is 29.8 Å². The number of rotatable bonds is 4. The zero-order valence-electron chi connectivity index (χ0n) is 9.55. The van der Waals surface area contributed by atoms with Gasteiger partial charge >= 0.3 is 5.97 Å². The van der Waals surface area contributed by atoms with Crippen LogP contribution in [0.2, 0.25) is 0 Å². The van der Waals surface area contributed by atoms with E-state index < -0.39 is 11.9 Å². The molecule has 0 bridgehead atoms. The fourth-order valence-corrected chi connectivity index (χ4v) is 1.45. The van der Waals surface area contributed by atoms with Crippen molar-refractivity contribution in [1.82, 2.24) is 4.98 Å². The molecule has 0 saturated carbocycles. The quantitative estimate of drug-likeness (QED) is 0.798. The van der Waals surface area contributed by atoms with Gasteiger partial charge in [0.1, 0.15) is 12.3 Å². The number of carbonyl (C=O) groups is 2. The highest BCUT2D eigenvalue weighted by atomic mass is 16.5. The number of hydrogen-bond donors (Lipinski definition) is 2. The molecule has 5 nitrogen and oxygen atoms in total. The number of ether oxygens (including phenoxy) is 1. The number of H-pyrrole nitrogens is 1. The average Bonchev–Trinajstić information content (AvgIpc) is 2.90. The van der Waals surface area contributed by atoms with Gasteiger partial charge in [-0.2, -0.15) is 0 Å². The Hall–Kier alpha value is -2.56. The molecule has 0 radical (unpaired) electrons. The van der Waals surface area contributed by atoms with Crippen molar-refractivity contribution in [3.8, 4) is 0 Å². The van der Waals surface area contributed by atoms with E-state index in [0.29, 0.717) is 11.3 Å². The molecule has 0 aliphatic heterocycles. The minimum Gasteiger partial charge on any atom is -0.456 e. The second kappa shape index (κ2) is 5.18. The van der Waals surface area contributed by atoms with Crippen LogP contribution >= 0.6 is 0 Å². The van der Waals surface area contributed by atoms with Crippen molar-refractivity contribution in [3.63, 3.8) is 0 Å². The van der Waals surface area contributed by atoms with Crippen LogP contribution in [-0.4, -0.2) is 16.9 Å². The fraction of sp³-hybridized carbons (Fsp3) is 0.0769. The van der Waals surface area contributed by atoms with E-state index in [1.165, 1.54) is 0 Å². The van der Waals surface area contributed by atoms with Gasteiger partial charge in [-0.3, -0.25) is 4.79 Å². The maximum absolute atomic E-state index is 11.5. The first-order valence-electron chi connectivity index (χ1n) is 5.36. The lowest BCUT2D eigenvalue weighted by molar-refractivity contribution is 0.0466. The molecule has 1 aromatic carbocycles. The van der Waals surface area contributed by atoms with Crippen molar-refractivity contribution in [2.45, 2.75) is 6.61 Å². The molecular weight excluding hydrogens is 232 g/mol. The van der Waals surface area contributed by atoms with Crippen LogP contribution in [0.25, 0.3) is 0 Å². The number of primary amides is 1. The Balaban J connectivity index is 1.94. The number of nitrogens with two attached hydrogens (primary N) is 1. The molecule has 5 heteroatoms. The predicted octanol–water partition coefficient (Wildman–Crippen LogP) is 1.47. The van der Waals surface area contributed by atoms with Crippen LogP contribution in [-0.2, 0) is 11.3 Å². The van der Waals surface area contributed by atoms with E-state index >= 15 is 0 Å². The van der Waals surface area contributed by atoms with Crippen LogP contribution in [0.4, 0.5) is 0 Å². The Bertz CT molecular complexity index is 544. The first-order chi connectivity index (χ1) is 8.66. The van der Waals surface area contributed by atoms with Crippen LogP contribution in [0.15, 0.2) is 42.6 Å². The van der Waals surface area contributed by atoms with Gasteiger partial charge in [0.15, 0.2) is 0 Å². The second-order valence-corrected chi connectivity index (χ2v) is 3.72. The molecule has 0 atom stereocenters. The second-order valence-electron chi connectivity index (χ2n) is 3.72. The molecule has 1 heterocycles. The largest absolute Gasteiger partial charge is 0.456 e. The van der Waals surface area contributed by atoms with Crippen molar-refractivity contribution >= 4 is 11.9 Å². The van der Waals surface area contributed by atoms with Gasteiger partial charge in [0.05, 0.1) is 0 Å². The zero-order valence-corrected chi connectivity index (χ0v) is 9.55. The summed E-state index contributed by atoms with van der Waals surface area (Å²) in [6, 6.07) is 9.95. The highest BCUT2D eigenvalue weighted by molar-refractivity contribution is 5.92. The number of aromatic amines is 1. The van der Waals surface area contributed by atoms with E-state index in [1.54, 1.807) is 42.6 Å². The lowest BCUT2D eigenvalue weighted by Gasteiger charge is -2.04. The summed E-state index contributed by atoms with van der Waals surface area (Å²) < 4.78 is 5.09. The summed E-state index contributed by atoms with van der Waals surface area (Å²) in [6.45, 7) is 0.150. The Kier molecular flexibility index (Phi) is 3.43. The SMILES string of the molecule is NC(=O)c1ccc(COC(=O)c2ccc[nH]2)cc1. The standard InChI is InChI=1S/C13H12N2O3/c14-12(16)10-5-3-9(4-6-10)8-18-13(17)11-2-1-7-15-11/h1-7,15H,8H2,(H2,14,16). The van der Waals surface area contributed by atoms with Gasteiger partial charge in [-0.25, -0.2) is 4.79 Å². The van der Waals surface area contributed by atoms with Crippen LogP contribution in [0.1, 0.15) is 26.4 Å².